The topological polar surface area (TPSA) is 45.4 Å². The smallest absolute Gasteiger partial charge is 0.288 e. The average Bonchev–Trinajstić information content (AvgIpc) is 2.99. The van der Waals surface area contributed by atoms with Crippen LogP contribution in [0.1, 0.15) is 30.4 Å². The van der Waals surface area contributed by atoms with Gasteiger partial charge in [0.2, 0.25) is 0 Å². The van der Waals surface area contributed by atoms with Gasteiger partial charge in [0, 0.05) is 17.5 Å². The van der Waals surface area contributed by atoms with Crippen molar-refractivity contribution in [3.63, 3.8) is 0 Å². The number of aliphatic hydroxyl groups excluding tert-OH is 1. The highest BCUT2D eigenvalue weighted by atomic mass is 32.2. The van der Waals surface area contributed by atoms with Crippen LogP contribution in [0.5, 0.6) is 0 Å². The van der Waals surface area contributed by atoms with E-state index < -0.39 is 11.9 Å². The van der Waals surface area contributed by atoms with E-state index in [0.29, 0.717) is 29.0 Å². The summed E-state index contributed by atoms with van der Waals surface area (Å²) in [4.78, 5) is 0.538. The maximum atomic E-state index is 12.2. The van der Waals surface area contributed by atoms with E-state index >= 15 is 0 Å². The first kappa shape index (κ1) is 16.0. The highest BCUT2D eigenvalue weighted by Gasteiger charge is 2.13. The first-order valence-electron chi connectivity index (χ1n) is 6.56. The molecule has 2 N–H and O–H groups in total. The van der Waals surface area contributed by atoms with Gasteiger partial charge < -0.3 is 14.8 Å². The minimum atomic E-state index is -2.41. The highest BCUT2D eigenvalue weighted by molar-refractivity contribution is 7.99. The van der Waals surface area contributed by atoms with Gasteiger partial charge in [0.25, 0.3) is 5.76 Å². The summed E-state index contributed by atoms with van der Waals surface area (Å²) in [6.45, 7) is 2.30. The molecule has 1 aromatic heterocycles. The molecule has 2 atom stereocenters. The predicted molar refractivity (Wildman–Crippen MR) is 78.4 cm³/mol. The lowest BCUT2D eigenvalue weighted by molar-refractivity contribution is 0.144. The third-order valence-electron chi connectivity index (χ3n) is 3.09. The van der Waals surface area contributed by atoms with Gasteiger partial charge in [-0.2, -0.15) is 8.78 Å². The minimum Gasteiger partial charge on any atom is -0.467 e. The molecule has 0 radical (unpaired) electrons. The molecule has 0 aliphatic heterocycles. The van der Waals surface area contributed by atoms with E-state index in [9.17, 15) is 13.9 Å². The molecule has 0 saturated heterocycles. The highest BCUT2D eigenvalue weighted by Crippen LogP contribution is 2.26. The van der Waals surface area contributed by atoms with Crippen molar-refractivity contribution in [2.24, 2.45) is 0 Å². The second kappa shape index (κ2) is 7.59. The van der Waals surface area contributed by atoms with E-state index in [1.165, 1.54) is 6.26 Å². The summed E-state index contributed by atoms with van der Waals surface area (Å²) in [5.41, 5.74) is 0.972. The summed E-state index contributed by atoms with van der Waals surface area (Å²) in [5.74, 6) is -1.90. The van der Waals surface area contributed by atoms with Crippen LogP contribution < -0.4 is 5.32 Å². The molecule has 2 aromatic rings. The van der Waals surface area contributed by atoms with Crippen LogP contribution in [0.25, 0.3) is 0 Å². The minimum absolute atomic E-state index is 0.000197. The van der Waals surface area contributed by atoms with Gasteiger partial charge in [-0.15, -0.1) is 0 Å². The van der Waals surface area contributed by atoms with Gasteiger partial charge in [-0.3, -0.25) is 0 Å². The maximum absolute atomic E-state index is 12.2. The molecule has 114 valence electrons. The standard InChI is InChI=1S/C15H17F2NO2S/c1-10(18-9-13(19)14-3-2-8-20-14)11-4-6-12(7-5-11)21-15(16)17/h2-8,10,13,15,18-19H,9H2,1H3/t10-,13-/m0/s1. The Morgan fingerprint density at radius 2 is 1.95 bits per heavy atom. The number of alkyl halides is 2. The third-order valence-corrected chi connectivity index (χ3v) is 3.82. The monoisotopic (exact) mass is 313 g/mol. The first-order chi connectivity index (χ1) is 10.1. The maximum Gasteiger partial charge on any atom is 0.288 e. The normalized spacial score (nSPS) is 14.3. The summed E-state index contributed by atoms with van der Waals surface area (Å²) < 4.78 is 29.6. The molecule has 0 spiro atoms. The van der Waals surface area contributed by atoms with E-state index in [1.807, 2.05) is 19.1 Å². The largest absolute Gasteiger partial charge is 0.467 e. The van der Waals surface area contributed by atoms with E-state index in [4.69, 9.17) is 4.42 Å². The zero-order chi connectivity index (χ0) is 15.2. The van der Waals surface area contributed by atoms with Crippen LogP contribution in [0.4, 0.5) is 8.78 Å². The van der Waals surface area contributed by atoms with Crippen LogP contribution in [-0.2, 0) is 0 Å². The van der Waals surface area contributed by atoms with Gasteiger partial charge in [0.05, 0.1) is 6.26 Å². The second-order valence-corrected chi connectivity index (χ2v) is 5.67. The molecule has 0 unspecified atom stereocenters. The Kier molecular flexibility index (Phi) is 5.78. The fourth-order valence-corrected chi connectivity index (χ4v) is 2.42. The molecule has 0 bridgehead atoms. The SMILES string of the molecule is C[C@H](NC[C@H](O)c1ccco1)c1ccc(SC(F)F)cc1. The number of benzene rings is 1. The average molecular weight is 313 g/mol. The summed E-state index contributed by atoms with van der Waals surface area (Å²) in [6, 6.07) is 10.4. The van der Waals surface area contributed by atoms with Gasteiger partial charge in [-0.05, 0) is 36.8 Å². The number of rotatable bonds is 7. The first-order valence-corrected chi connectivity index (χ1v) is 7.44. The van der Waals surface area contributed by atoms with Gasteiger partial charge >= 0.3 is 0 Å². The van der Waals surface area contributed by atoms with Crippen molar-refractivity contribution in [2.45, 2.75) is 29.7 Å². The molecule has 0 fully saturated rings. The zero-order valence-corrected chi connectivity index (χ0v) is 12.3. The Bertz CT molecular complexity index is 531. The van der Waals surface area contributed by atoms with Crippen LogP contribution in [0.15, 0.2) is 52.0 Å². The zero-order valence-electron chi connectivity index (χ0n) is 11.5. The van der Waals surface area contributed by atoms with Gasteiger partial charge in [0.1, 0.15) is 11.9 Å². The molecule has 6 heteroatoms. The number of thioether (sulfide) groups is 1. The second-order valence-electron chi connectivity index (χ2n) is 4.61. The number of nitrogens with one attached hydrogen (secondary N) is 1. The van der Waals surface area contributed by atoms with E-state index in [1.54, 1.807) is 24.3 Å². The summed E-state index contributed by atoms with van der Waals surface area (Å²) in [6.07, 6.45) is 0.803. The molecule has 2 rings (SSSR count). The Morgan fingerprint density at radius 1 is 1.24 bits per heavy atom. The molecule has 0 aliphatic rings. The summed E-state index contributed by atoms with van der Waals surface area (Å²) in [5, 5.41) is 13.1. The lowest BCUT2D eigenvalue weighted by Gasteiger charge is -2.16. The van der Waals surface area contributed by atoms with Crippen LogP contribution in [0.3, 0.4) is 0 Å². The van der Waals surface area contributed by atoms with Crippen molar-refractivity contribution in [3.8, 4) is 0 Å². The van der Waals surface area contributed by atoms with Crippen molar-refractivity contribution in [1.29, 1.82) is 0 Å². The Hall–Kier alpha value is -1.37. The van der Waals surface area contributed by atoms with Gasteiger partial charge in [-0.1, -0.05) is 23.9 Å². The summed E-state index contributed by atoms with van der Waals surface area (Å²) >= 11 is 0.529. The van der Waals surface area contributed by atoms with Crippen molar-refractivity contribution in [3.05, 3.63) is 54.0 Å². The predicted octanol–water partition coefficient (Wildman–Crippen LogP) is 3.98. The van der Waals surface area contributed by atoms with Crippen molar-refractivity contribution < 1.29 is 18.3 Å². The molecule has 1 heterocycles. The van der Waals surface area contributed by atoms with Crippen LogP contribution >= 0.6 is 11.8 Å². The number of aliphatic hydroxyl groups is 1. The quantitative estimate of drug-likeness (QED) is 0.759. The van der Waals surface area contributed by atoms with Crippen LogP contribution in [-0.4, -0.2) is 17.4 Å². The Labute approximate surface area is 126 Å². The third kappa shape index (κ3) is 4.84. The molecule has 3 nitrogen and oxygen atoms in total. The van der Waals surface area contributed by atoms with E-state index in [2.05, 4.69) is 5.32 Å². The lowest BCUT2D eigenvalue weighted by Crippen LogP contribution is -2.24. The summed E-state index contributed by atoms with van der Waals surface area (Å²) in [7, 11) is 0. The molecular weight excluding hydrogens is 296 g/mol. The van der Waals surface area contributed by atoms with Crippen LogP contribution in [0, 0.1) is 0 Å². The molecule has 21 heavy (non-hydrogen) atoms. The number of furan rings is 1. The molecular formula is C15H17F2NO2S. The van der Waals surface area contributed by atoms with Crippen LogP contribution in [0.2, 0.25) is 0 Å². The number of halogens is 2. The van der Waals surface area contributed by atoms with Gasteiger partial charge in [-0.25, -0.2) is 0 Å². The fourth-order valence-electron chi connectivity index (χ4n) is 1.93. The van der Waals surface area contributed by atoms with Crippen molar-refractivity contribution in [1.82, 2.24) is 5.32 Å². The molecule has 0 aliphatic carbocycles. The molecule has 1 aromatic carbocycles. The lowest BCUT2D eigenvalue weighted by atomic mass is 10.1. The van der Waals surface area contributed by atoms with E-state index in [-0.39, 0.29) is 6.04 Å². The van der Waals surface area contributed by atoms with Gasteiger partial charge in [0.15, 0.2) is 0 Å². The molecule has 0 saturated carbocycles. The number of hydrogen-bond donors (Lipinski definition) is 2. The fraction of sp³-hybridized carbons (Fsp3) is 0.333. The van der Waals surface area contributed by atoms with Crippen molar-refractivity contribution >= 4 is 11.8 Å². The Balaban J connectivity index is 1.86. The molecule has 0 amide bonds. The van der Waals surface area contributed by atoms with E-state index in [0.717, 1.165) is 5.56 Å². The Morgan fingerprint density at radius 3 is 2.52 bits per heavy atom. The van der Waals surface area contributed by atoms with Crippen molar-refractivity contribution in [2.75, 3.05) is 6.54 Å². The number of hydrogen-bond acceptors (Lipinski definition) is 4.